The van der Waals surface area contributed by atoms with E-state index >= 15 is 0 Å². The van der Waals surface area contributed by atoms with Gasteiger partial charge < -0.3 is 15.4 Å². The molecule has 4 nitrogen and oxygen atoms in total. The molecule has 2 aromatic rings. The molecule has 0 atom stereocenters. The number of rotatable bonds is 2. The summed E-state index contributed by atoms with van der Waals surface area (Å²) in [5, 5.41) is 5.25. The van der Waals surface area contributed by atoms with E-state index in [-0.39, 0.29) is 16.7 Å². The van der Waals surface area contributed by atoms with Crippen molar-refractivity contribution in [3.63, 3.8) is 0 Å². The molecule has 0 fully saturated rings. The van der Waals surface area contributed by atoms with Gasteiger partial charge in [-0.3, -0.25) is 0 Å². The number of nitrogens with one attached hydrogen (secondary N) is 2. The van der Waals surface area contributed by atoms with Crippen molar-refractivity contribution in [1.82, 2.24) is 0 Å². The van der Waals surface area contributed by atoms with Crippen LogP contribution in [0.25, 0.3) is 0 Å². The van der Waals surface area contributed by atoms with Crippen LogP contribution in [0.5, 0.6) is 5.75 Å². The zero-order valence-corrected chi connectivity index (χ0v) is 16.2. The second-order valence-corrected chi connectivity index (χ2v) is 8.29. The molecule has 7 heteroatoms. The van der Waals surface area contributed by atoms with Gasteiger partial charge in [0.15, 0.2) is 0 Å². The van der Waals surface area contributed by atoms with Crippen molar-refractivity contribution < 1.29 is 22.7 Å². The van der Waals surface area contributed by atoms with Gasteiger partial charge in [-0.15, -0.1) is 0 Å². The Kier molecular flexibility index (Phi) is 4.81. The number of amides is 2. The first-order valence-corrected chi connectivity index (χ1v) is 8.95. The SMILES string of the molecule is CC1(C)CC(C)(C)c2cc(NC(=O)Nc3ccc(C(F)(F)F)cc3)ccc2O1. The Morgan fingerprint density at radius 3 is 2.14 bits per heavy atom. The van der Waals surface area contributed by atoms with Gasteiger partial charge in [-0.25, -0.2) is 4.79 Å². The molecule has 0 bridgehead atoms. The van der Waals surface area contributed by atoms with Crippen LogP contribution in [0.15, 0.2) is 42.5 Å². The number of alkyl halides is 3. The quantitative estimate of drug-likeness (QED) is 0.640. The highest BCUT2D eigenvalue weighted by atomic mass is 19.4. The largest absolute Gasteiger partial charge is 0.488 e. The van der Waals surface area contributed by atoms with E-state index in [0.29, 0.717) is 5.69 Å². The van der Waals surface area contributed by atoms with Crippen molar-refractivity contribution in [2.24, 2.45) is 0 Å². The molecule has 2 amide bonds. The first-order valence-electron chi connectivity index (χ1n) is 8.95. The van der Waals surface area contributed by atoms with Crippen LogP contribution in [0.2, 0.25) is 0 Å². The minimum Gasteiger partial charge on any atom is -0.488 e. The highest BCUT2D eigenvalue weighted by Gasteiger charge is 2.39. The Bertz CT molecular complexity index is 888. The van der Waals surface area contributed by atoms with Gasteiger partial charge in [-0.05, 0) is 68.1 Å². The molecule has 0 spiro atoms. The third-order valence-electron chi connectivity index (χ3n) is 4.69. The van der Waals surface area contributed by atoms with Crippen molar-refractivity contribution in [3.05, 3.63) is 53.6 Å². The van der Waals surface area contributed by atoms with Gasteiger partial charge in [-0.2, -0.15) is 13.2 Å². The molecule has 0 radical (unpaired) electrons. The fourth-order valence-electron chi connectivity index (χ4n) is 3.75. The fourth-order valence-corrected chi connectivity index (χ4v) is 3.75. The van der Waals surface area contributed by atoms with Gasteiger partial charge in [0.25, 0.3) is 0 Å². The third-order valence-corrected chi connectivity index (χ3v) is 4.69. The van der Waals surface area contributed by atoms with Crippen molar-refractivity contribution in [1.29, 1.82) is 0 Å². The van der Waals surface area contributed by atoms with Crippen molar-refractivity contribution in [2.45, 2.75) is 51.3 Å². The van der Waals surface area contributed by atoms with Crippen LogP contribution in [0, 0.1) is 0 Å². The van der Waals surface area contributed by atoms with E-state index in [1.54, 1.807) is 6.07 Å². The standard InChI is InChI=1S/C21H23F3N2O2/c1-19(2)12-20(3,4)28-17-10-9-15(11-16(17)19)26-18(27)25-14-7-5-13(6-8-14)21(22,23)24/h5-11H,12H2,1-4H3,(H2,25,26,27). The molecule has 0 saturated carbocycles. The molecule has 0 aromatic heterocycles. The third kappa shape index (κ3) is 4.40. The Hall–Kier alpha value is -2.70. The number of halogens is 3. The summed E-state index contributed by atoms with van der Waals surface area (Å²) in [6, 6.07) is 9.19. The zero-order chi connectivity index (χ0) is 20.7. The molecule has 1 aliphatic rings. The minimum atomic E-state index is -4.41. The molecular weight excluding hydrogens is 369 g/mol. The number of fused-ring (bicyclic) bond motifs is 1. The summed E-state index contributed by atoms with van der Waals surface area (Å²) in [6.07, 6.45) is -3.58. The average Bonchev–Trinajstić information content (AvgIpc) is 2.53. The lowest BCUT2D eigenvalue weighted by atomic mass is 9.73. The Morgan fingerprint density at radius 2 is 1.54 bits per heavy atom. The number of carbonyl (C=O) groups excluding carboxylic acids is 1. The lowest BCUT2D eigenvalue weighted by molar-refractivity contribution is -0.137. The topological polar surface area (TPSA) is 50.4 Å². The number of carbonyl (C=O) groups is 1. The maximum atomic E-state index is 12.6. The first-order chi connectivity index (χ1) is 12.9. The van der Waals surface area contributed by atoms with Gasteiger partial charge in [0, 0.05) is 16.9 Å². The van der Waals surface area contributed by atoms with Crippen LogP contribution in [0.3, 0.4) is 0 Å². The van der Waals surface area contributed by atoms with Crippen molar-refractivity contribution in [3.8, 4) is 5.75 Å². The number of benzene rings is 2. The van der Waals surface area contributed by atoms with Crippen LogP contribution in [0.1, 0.15) is 45.2 Å². The maximum absolute atomic E-state index is 12.6. The molecule has 1 aliphatic heterocycles. The lowest BCUT2D eigenvalue weighted by Gasteiger charge is -2.42. The van der Waals surface area contributed by atoms with Crippen LogP contribution in [-0.2, 0) is 11.6 Å². The van der Waals surface area contributed by atoms with E-state index in [0.717, 1.165) is 29.9 Å². The van der Waals surface area contributed by atoms with Gasteiger partial charge in [-0.1, -0.05) is 13.8 Å². The zero-order valence-electron chi connectivity index (χ0n) is 16.2. The normalized spacial score (nSPS) is 17.2. The number of hydrogen-bond donors (Lipinski definition) is 2. The summed E-state index contributed by atoms with van der Waals surface area (Å²) in [7, 11) is 0. The molecule has 0 aliphatic carbocycles. The van der Waals surface area contributed by atoms with E-state index in [9.17, 15) is 18.0 Å². The van der Waals surface area contributed by atoms with Gasteiger partial charge in [0.2, 0.25) is 0 Å². The number of hydrogen-bond acceptors (Lipinski definition) is 2. The van der Waals surface area contributed by atoms with Gasteiger partial charge in [0.1, 0.15) is 11.4 Å². The summed E-state index contributed by atoms with van der Waals surface area (Å²) in [5.41, 5.74) is 0.690. The molecule has 1 heterocycles. The Morgan fingerprint density at radius 1 is 0.964 bits per heavy atom. The van der Waals surface area contributed by atoms with Gasteiger partial charge in [0.05, 0.1) is 5.56 Å². The van der Waals surface area contributed by atoms with E-state index in [1.807, 2.05) is 26.0 Å². The highest BCUT2D eigenvalue weighted by Crippen LogP contribution is 2.45. The predicted molar refractivity (Wildman–Crippen MR) is 103 cm³/mol. The fraction of sp³-hybridized carbons (Fsp3) is 0.381. The number of anilines is 2. The average molecular weight is 392 g/mol. The Balaban J connectivity index is 1.72. The summed E-state index contributed by atoms with van der Waals surface area (Å²) < 4.78 is 43.9. The molecule has 0 unspecified atom stereocenters. The first kappa shape index (κ1) is 20.0. The molecule has 150 valence electrons. The summed E-state index contributed by atoms with van der Waals surface area (Å²) in [5.74, 6) is 0.787. The van der Waals surface area contributed by atoms with Crippen LogP contribution >= 0.6 is 0 Å². The lowest BCUT2D eigenvalue weighted by Crippen LogP contribution is -2.41. The van der Waals surface area contributed by atoms with Crippen molar-refractivity contribution in [2.75, 3.05) is 10.6 Å². The van der Waals surface area contributed by atoms with E-state index in [4.69, 9.17) is 4.74 Å². The van der Waals surface area contributed by atoms with E-state index in [2.05, 4.69) is 24.5 Å². The second-order valence-electron chi connectivity index (χ2n) is 8.29. The molecule has 0 saturated heterocycles. The van der Waals surface area contributed by atoms with Crippen LogP contribution in [-0.4, -0.2) is 11.6 Å². The summed E-state index contributed by atoms with van der Waals surface area (Å²) in [6.45, 7) is 8.34. The smallest absolute Gasteiger partial charge is 0.416 e. The van der Waals surface area contributed by atoms with Gasteiger partial charge >= 0.3 is 12.2 Å². The summed E-state index contributed by atoms with van der Waals surface area (Å²) >= 11 is 0. The van der Waals surface area contributed by atoms with Crippen LogP contribution in [0.4, 0.5) is 29.3 Å². The second kappa shape index (κ2) is 6.72. The molecule has 2 aromatic carbocycles. The minimum absolute atomic E-state index is 0.126. The van der Waals surface area contributed by atoms with E-state index in [1.165, 1.54) is 12.1 Å². The molecule has 2 N–H and O–H groups in total. The van der Waals surface area contributed by atoms with Crippen LogP contribution < -0.4 is 15.4 Å². The molecule has 28 heavy (non-hydrogen) atoms. The van der Waals surface area contributed by atoms with E-state index < -0.39 is 17.8 Å². The maximum Gasteiger partial charge on any atom is 0.416 e. The molecule has 3 rings (SSSR count). The monoisotopic (exact) mass is 392 g/mol. The van der Waals surface area contributed by atoms with Crippen molar-refractivity contribution >= 4 is 17.4 Å². The number of urea groups is 1. The molecular formula is C21H23F3N2O2. The highest BCUT2D eigenvalue weighted by molar-refractivity contribution is 5.99. The predicted octanol–water partition coefficient (Wildman–Crippen LogP) is 6.19. The number of ether oxygens (including phenoxy) is 1. The summed E-state index contributed by atoms with van der Waals surface area (Å²) in [4.78, 5) is 12.2. The Labute approximate surface area is 162 Å².